The van der Waals surface area contributed by atoms with Gasteiger partial charge >= 0.3 is 6.18 Å². The number of benzene rings is 2. The molecule has 0 unspecified atom stereocenters. The molecule has 152 valence electrons. The number of hydrogen-bond acceptors (Lipinski definition) is 4. The molecule has 28 heavy (non-hydrogen) atoms. The highest BCUT2D eigenvalue weighted by molar-refractivity contribution is 7.89. The van der Waals surface area contributed by atoms with E-state index >= 15 is 0 Å². The van der Waals surface area contributed by atoms with Crippen LogP contribution in [-0.4, -0.2) is 34.6 Å². The van der Waals surface area contributed by atoms with Crippen LogP contribution in [-0.2, 0) is 27.5 Å². The van der Waals surface area contributed by atoms with Crippen molar-refractivity contribution in [2.45, 2.75) is 17.6 Å². The molecule has 2 aromatic rings. The summed E-state index contributed by atoms with van der Waals surface area (Å²) in [6, 6.07) is 9.66. The zero-order valence-corrected chi connectivity index (χ0v) is 15.7. The molecule has 0 aliphatic carbocycles. The van der Waals surface area contributed by atoms with Gasteiger partial charge in [0.15, 0.2) is 0 Å². The van der Waals surface area contributed by atoms with Gasteiger partial charge in [-0.1, -0.05) is 18.2 Å². The molecular weight excluding hydrogens is 397 g/mol. The highest BCUT2D eigenvalue weighted by Gasteiger charge is 2.31. The smallest absolute Gasteiger partial charge is 0.383 e. The predicted molar refractivity (Wildman–Crippen MR) is 96.1 cm³/mol. The summed E-state index contributed by atoms with van der Waals surface area (Å²) in [7, 11) is -2.61. The summed E-state index contributed by atoms with van der Waals surface area (Å²) in [6.07, 6.45) is -4.63. The van der Waals surface area contributed by atoms with Gasteiger partial charge in [0.05, 0.1) is 17.1 Å². The van der Waals surface area contributed by atoms with Gasteiger partial charge in [-0.3, -0.25) is 4.79 Å². The Morgan fingerprint density at radius 2 is 1.79 bits per heavy atom. The van der Waals surface area contributed by atoms with Crippen LogP contribution in [0.4, 0.5) is 13.2 Å². The number of amides is 1. The van der Waals surface area contributed by atoms with Crippen LogP contribution in [0, 0.1) is 0 Å². The van der Waals surface area contributed by atoms with Crippen LogP contribution in [0.5, 0.6) is 0 Å². The molecule has 0 aromatic heterocycles. The molecule has 0 aliphatic heterocycles. The quantitative estimate of drug-likeness (QED) is 0.648. The first-order chi connectivity index (χ1) is 13.1. The summed E-state index contributed by atoms with van der Waals surface area (Å²) >= 11 is 0. The largest absolute Gasteiger partial charge is 0.416 e. The number of ether oxygens (including phenoxy) is 1. The van der Waals surface area contributed by atoms with E-state index in [9.17, 15) is 26.4 Å². The van der Waals surface area contributed by atoms with Crippen LogP contribution in [0.2, 0.25) is 0 Å². The van der Waals surface area contributed by atoms with Gasteiger partial charge in [0, 0.05) is 25.8 Å². The molecule has 0 aliphatic rings. The van der Waals surface area contributed by atoms with E-state index in [-0.39, 0.29) is 12.5 Å². The van der Waals surface area contributed by atoms with Crippen molar-refractivity contribution in [1.82, 2.24) is 10.0 Å². The number of carbonyl (C=O) groups excluding carboxylic acids is 1. The van der Waals surface area contributed by atoms with Gasteiger partial charge in [0.2, 0.25) is 10.0 Å². The van der Waals surface area contributed by atoms with Crippen molar-refractivity contribution >= 4 is 15.9 Å². The molecule has 0 spiro atoms. The average molecular weight is 416 g/mol. The minimum Gasteiger partial charge on any atom is -0.383 e. The third kappa shape index (κ3) is 6.04. The van der Waals surface area contributed by atoms with Crippen LogP contribution in [0.1, 0.15) is 21.5 Å². The van der Waals surface area contributed by atoms with E-state index in [1.165, 1.54) is 19.2 Å². The van der Waals surface area contributed by atoms with Crippen LogP contribution >= 0.6 is 0 Å². The Hall–Kier alpha value is -2.43. The molecule has 1 amide bonds. The van der Waals surface area contributed by atoms with Crippen molar-refractivity contribution in [3.8, 4) is 0 Å². The molecule has 10 heteroatoms. The molecule has 0 saturated heterocycles. The van der Waals surface area contributed by atoms with Gasteiger partial charge in [0.1, 0.15) is 0 Å². The molecule has 0 heterocycles. The molecule has 0 bridgehead atoms. The molecular formula is C18H19F3N2O4S. The fraction of sp³-hybridized carbons (Fsp3) is 0.278. The third-order valence-corrected chi connectivity index (χ3v) is 5.14. The van der Waals surface area contributed by atoms with E-state index in [0.717, 1.165) is 18.2 Å². The zero-order valence-electron chi connectivity index (χ0n) is 14.9. The van der Waals surface area contributed by atoms with Gasteiger partial charge < -0.3 is 10.1 Å². The highest BCUT2D eigenvalue weighted by atomic mass is 32.2. The second-order valence-electron chi connectivity index (χ2n) is 5.80. The zero-order chi connectivity index (χ0) is 20.8. The van der Waals surface area contributed by atoms with E-state index in [1.54, 1.807) is 12.1 Å². The molecule has 0 saturated carbocycles. The molecule has 6 nitrogen and oxygen atoms in total. The SMILES string of the molecule is COCCNC(=O)c1ccc(CNS(=O)(=O)c2cccc(C(F)(F)F)c2)cc1. The first kappa shape index (κ1) is 21.9. The summed E-state index contributed by atoms with van der Waals surface area (Å²) in [4.78, 5) is 11.4. The Morgan fingerprint density at radius 3 is 2.39 bits per heavy atom. The summed E-state index contributed by atoms with van der Waals surface area (Å²) in [5.74, 6) is -0.298. The van der Waals surface area contributed by atoms with Gasteiger partial charge in [-0.25, -0.2) is 13.1 Å². The van der Waals surface area contributed by atoms with Crippen LogP contribution in [0.3, 0.4) is 0 Å². The van der Waals surface area contributed by atoms with Gasteiger partial charge in [-0.15, -0.1) is 0 Å². The maximum Gasteiger partial charge on any atom is 0.416 e. The number of alkyl halides is 3. The second-order valence-corrected chi connectivity index (χ2v) is 7.56. The fourth-order valence-electron chi connectivity index (χ4n) is 2.24. The number of methoxy groups -OCH3 is 1. The van der Waals surface area contributed by atoms with E-state index in [0.29, 0.717) is 30.3 Å². The lowest BCUT2D eigenvalue weighted by Crippen LogP contribution is -2.27. The number of nitrogens with one attached hydrogen (secondary N) is 2. The van der Waals surface area contributed by atoms with Crippen molar-refractivity contribution in [2.75, 3.05) is 20.3 Å². The van der Waals surface area contributed by atoms with Crippen molar-refractivity contribution < 1.29 is 31.1 Å². The highest BCUT2D eigenvalue weighted by Crippen LogP contribution is 2.30. The van der Waals surface area contributed by atoms with E-state index in [2.05, 4.69) is 10.0 Å². The van der Waals surface area contributed by atoms with Gasteiger partial charge in [0.25, 0.3) is 5.91 Å². The van der Waals surface area contributed by atoms with Crippen molar-refractivity contribution in [3.05, 3.63) is 65.2 Å². The van der Waals surface area contributed by atoms with Gasteiger partial charge in [-0.05, 0) is 35.9 Å². The summed E-state index contributed by atoms with van der Waals surface area (Å²) in [5, 5.41) is 2.65. The lowest BCUT2D eigenvalue weighted by atomic mass is 10.1. The second kappa shape index (κ2) is 9.18. The monoisotopic (exact) mass is 416 g/mol. The molecule has 0 atom stereocenters. The first-order valence-electron chi connectivity index (χ1n) is 8.16. The van der Waals surface area contributed by atoms with Gasteiger partial charge in [-0.2, -0.15) is 13.2 Å². The maximum atomic E-state index is 12.8. The standard InChI is InChI=1S/C18H19F3N2O4S/c1-27-10-9-22-17(24)14-7-5-13(6-8-14)12-23-28(25,26)16-4-2-3-15(11-16)18(19,20)21/h2-8,11,23H,9-10,12H2,1H3,(H,22,24). The van der Waals surface area contributed by atoms with Crippen LogP contribution < -0.4 is 10.0 Å². The van der Waals surface area contributed by atoms with Crippen LogP contribution in [0.25, 0.3) is 0 Å². The minimum absolute atomic E-state index is 0.135. The van der Waals surface area contributed by atoms with E-state index < -0.39 is 26.7 Å². The number of rotatable bonds is 8. The van der Waals surface area contributed by atoms with Crippen molar-refractivity contribution in [3.63, 3.8) is 0 Å². The number of carbonyl (C=O) groups is 1. The lowest BCUT2D eigenvalue weighted by molar-refractivity contribution is -0.137. The Kier molecular flexibility index (Phi) is 7.17. The number of sulfonamides is 1. The maximum absolute atomic E-state index is 12.8. The number of hydrogen-bond donors (Lipinski definition) is 2. The Bertz CT molecular complexity index is 913. The first-order valence-corrected chi connectivity index (χ1v) is 9.65. The Balaban J connectivity index is 2.02. The van der Waals surface area contributed by atoms with Crippen molar-refractivity contribution in [1.29, 1.82) is 0 Å². The van der Waals surface area contributed by atoms with E-state index in [1.807, 2.05) is 0 Å². The average Bonchev–Trinajstić information content (AvgIpc) is 2.66. The fourth-order valence-corrected chi connectivity index (χ4v) is 3.31. The molecule has 2 rings (SSSR count). The number of halogens is 3. The molecule has 0 fully saturated rings. The molecule has 2 aromatic carbocycles. The molecule has 2 N–H and O–H groups in total. The minimum atomic E-state index is -4.63. The van der Waals surface area contributed by atoms with Crippen LogP contribution in [0.15, 0.2) is 53.4 Å². The summed E-state index contributed by atoms with van der Waals surface area (Å²) < 4.78 is 69.8. The van der Waals surface area contributed by atoms with E-state index in [4.69, 9.17) is 4.74 Å². The summed E-state index contributed by atoms with van der Waals surface area (Å²) in [5.41, 5.74) is -0.108. The normalized spacial score (nSPS) is 12.0. The predicted octanol–water partition coefficient (Wildman–Crippen LogP) is 2.56. The lowest BCUT2D eigenvalue weighted by Gasteiger charge is -2.11. The van der Waals surface area contributed by atoms with Crippen molar-refractivity contribution in [2.24, 2.45) is 0 Å². The topological polar surface area (TPSA) is 84.5 Å². The summed E-state index contributed by atoms with van der Waals surface area (Å²) in [6.45, 7) is 0.596. The molecule has 0 radical (unpaired) electrons. The Morgan fingerprint density at radius 1 is 1.11 bits per heavy atom. The third-order valence-electron chi connectivity index (χ3n) is 3.75. The Labute approximate surface area is 160 Å².